The van der Waals surface area contributed by atoms with E-state index in [0.29, 0.717) is 19.4 Å². The van der Waals surface area contributed by atoms with Crippen molar-refractivity contribution in [2.45, 2.75) is 32.7 Å². The second kappa shape index (κ2) is 9.67. The van der Waals surface area contributed by atoms with E-state index >= 15 is 0 Å². The highest BCUT2D eigenvalue weighted by Gasteiger charge is 2.14. The van der Waals surface area contributed by atoms with Gasteiger partial charge in [-0.3, -0.25) is 0 Å². The van der Waals surface area contributed by atoms with Crippen molar-refractivity contribution in [3.63, 3.8) is 0 Å². The molecular weight excluding hydrogens is 436 g/mol. The summed E-state index contributed by atoms with van der Waals surface area (Å²) in [6.45, 7) is 4.65. The molecule has 0 fully saturated rings. The van der Waals surface area contributed by atoms with Crippen LogP contribution >= 0.6 is 27.3 Å². The Balaban J connectivity index is 1.81. The van der Waals surface area contributed by atoms with Gasteiger partial charge in [0.1, 0.15) is 17.9 Å². The van der Waals surface area contributed by atoms with Gasteiger partial charge < -0.3 is 10.1 Å². The van der Waals surface area contributed by atoms with Crippen molar-refractivity contribution in [2.75, 3.05) is 11.9 Å². The SMILES string of the molecule is CCOc1cc(-c2cc(NC(C)c3ccc(Br)cc3)ncn2)sc1CCC#N. The van der Waals surface area contributed by atoms with Gasteiger partial charge in [-0.15, -0.1) is 11.3 Å². The highest BCUT2D eigenvalue weighted by molar-refractivity contribution is 9.10. The number of nitrogens with one attached hydrogen (secondary N) is 1. The summed E-state index contributed by atoms with van der Waals surface area (Å²) in [5.41, 5.74) is 2.02. The lowest BCUT2D eigenvalue weighted by molar-refractivity contribution is 0.338. The fourth-order valence-corrected chi connectivity index (χ4v) is 4.12. The fraction of sp³-hybridized carbons (Fsp3) is 0.286. The Morgan fingerprint density at radius 2 is 2.04 bits per heavy atom. The topological polar surface area (TPSA) is 70.8 Å². The monoisotopic (exact) mass is 456 g/mol. The minimum absolute atomic E-state index is 0.115. The summed E-state index contributed by atoms with van der Waals surface area (Å²) in [6.07, 6.45) is 2.73. The molecule has 1 atom stereocenters. The Morgan fingerprint density at radius 3 is 2.75 bits per heavy atom. The zero-order valence-corrected chi connectivity index (χ0v) is 18.2. The first-order valence-corrected chi connectivity index (χ1v) is 10.7. The van der Waals surface area contributed by atoms with Gasteiger partial charge in [0.25, 0.3) is 0 Å². The number of hydrogen-bond acceptors (Lipinski definition) is 6. The lowest BCUT2D eigenvalue weighted by Gasteiger charge is -2.15. The molecule has 1 aromatic carbocycles. The molecule has 1 N–H and O–H groups in total. The van der Waals surface area contributed by atoms with Crippen LogP contribution < -0.4 is 10.1 Å². The van der Waals surface area contributed by atoms with Crippen LogP contribution in [-0.4, -0.2) is 16.6 Å². The average molecular weight is 457 g/mol. The fourth-order valence-electron chi connectivity index (χ4n) is 2.79. The van der Waals surface area contributed by atoms with Crippen LogP contribution in [0.1, 0.15) is 36.8 Å². The summed E-state index contributed by atoms with van der Waals surface area (Å²) in [4.78, 5) is 10.9. The third-order valence-electron chi connectivity index (χ3n) is 4.19. The lowest BCUT2D eigenvalue weighted by atomic mass is 10.1. The third kappa shape index (κ3) is 5.09. The largest absolute Gasteiger partial charge is 0.493 e. The molecule has 3 aromatic rings. The van der Waals surface area contributed by atoms with E-state index in [1.807, 2.05) is 31.2 Å². The number of halogens is 1. The second-order valence-corrected chi connectivity index (χ2v) is 8.25. The molecule has 0 bridgehead atoms. The van der Waals surface area contributed by atoms with Gasteiger partial charge in [-0.05, 0) is 38.0 Å². The quantitative estimate of drug-likeness (QED) is 0.450. The van der Waals surface area contributed by atoms with Gasteiger partial charge >= 0.3 is 0 Å². The van der Waals surface area contributed by atoms with Gasteiger partial charge in [0.05, 0.1) is 23.2 Å². The minimum atomic E-state index is 0.115. The zero-order chi connectivity index (χ0) is 19.9. The van der Waals surface area contributed by atoms with E-state index in [-0.39, 0.29) is 6.04 Å². The molecule has 0 radical (unpaired) electrons. The predicted octanol–water partition coefficient (Wildman–Crippen LogP) is 6.00. The predicted molar refractivity (Wildman–Crippen MR) is 117 cm³/mol. The van der Waals surface area contributed by atoms with E-state index in [1.165, 1.54) is 5.56 Å². The van der Waals surface area contributed by atoms with E-state index in [4.69, 9.17) is 10.00 Å². The van der Waals surface area contributed by atoms with Crippen LogP contribution in [-0.2, 0) is 6.42 Å². The smallest absolute Gasteiger partial charge is 0.133 e. The molecule has 3 rings (SSSR count). The standard InChI is InChI=1S/C21H21BrN4OS/c1-3-27-18-12-20(28-19(18)5-4-10-23)17-11-21(25-13-24-17)26-14(2)15-6-8-16(22)9-7-15/h6-9,11-14H,3-5H2,1-2H3,(H,24,25,26). The Bertz CT molecular complexity index is 965. The molecule has 0 amide bonds. The van der Waals surface area contributed by atoms with Crippen LogP contribution in [0.2, 0.25) is 0 Å². The molecule has 5 nitrogen and oxygen atoms in total. The van der Waals surface area contributed by atoms with Crippen molar-refractivity contribution in [2.24, 2.45) is 0 Å². The van der Waals surface area contributed by atoms with Gasteiger partial charge in [0.15, 0.2) is 0 Å². The van der Waals surface area contributed by atoms with Crippen molar-refractivity contribution in [3.05, 3.63) is 57.6 Å². The number of benzene rings is 1. The summed E-state index contributed by atoms with van der Waals surface area (Å²) in [5, 5.41) is 12.3. The van der Waals surface area contributed by atoms with Gasteiger partial charge in [-0.2, -0.15) is 5.26 Å². The molecule has 0 saturated heterocycles. The van der Waals surface area contributed by atoms with Gasteiger partial charge in [-0.1, -0.05) is 28.1 Å². The Morgan fingerprint density at radius 1 is 1.25 bits per heavy atom. The number of thiophene rings is 1. The van der Waals surface area contributed by atoms with Crippen LogP contribution in [0.3, 0.4) is 0 Å². The average Bonchev–Trinajstić information content (AvgIpc) is 3.10. The van der Waals surface area contributed by atoms with Crippen molar-refractivity contribution >= 4 is 33.1 Å². The highest BCUT2D eigenvalue weighted by atomic mass is 79.9. The lowest BCUT2D eigenvalue weighted by Crippen LogP contribution is -2.08. The molecule has 0 aliphatic rings. The number of nitrogens with zero attached hydrogens (tertiary/aromatic N) is 3. The number of aromatic nitrogens is 2. The van der Waals surface area contributed by atoms with E-state index in [2.05, 4.69) is 56.3 Å². The summed E-state index contributed by atoms with van der Waals surface area (Å²) in [5.74, 6) is 1.61. The first-order chi connectivity index (χ1) is 13.6. The number of hydrogen-bond donors (Lipinski definition) is 1. The molecular formula is C21H21BrN4OS. The molecule has 2 heterocycles. The number of rotatable bonds is 8. The molecule has 0 saturated carbocycles. The number of ether oxygens (including phenoxy) is 1. The molecule has 0 aliphatic carbocycles. The summed E-state index contributed by atoms with van der Waals surface area (Å²) >= 11 is 5.08. The van der Waals surface area contributed by atoms with Crippen LogP contribution in [0, 0.1) is 11.3 Å². The molecule has 1 unspecified atom stereocenters. The molecule has 2 aromatic heterocycles. The van der Waals surface area contributed by atoms with Crippen molar-refractivity contribution in [1.82, 2.24) is 9.97 Å². The maximum absolute atomic E-state index is 8.88. The van der Waals surface area contributed by atoms with E-state index in [9.17, 15) is 0 Å². The van der Waals surface area contributed by atoms with E-state index < -0.39 is 0 Å². The summed E-state index contributed by atoms with van der Waals surface area (Å²) < 4.78 is 6.79. The minimum Gasteiger partial charge on any atom is -0.493 e. The number of nitriles is 1. The molecule has 144 valence electrons. The maximum Gasteiger partial charge on any atom is 0.133 e. The number of aryl methyl sites for hydroxylation is 1. The van der Waals surface area contributed by atoms with Crippen LogP contribution in [0.25, 0.3) is 10.6 Å². The normalized spacial score (nSPS) is 11.6. The van der Waals surface area contributed by atoms with Gasteiger partial charge in [0.2, 0.25) is 0 Å². The van der Waals surface area contributed by atoms with Crippen LogP contribution in [0.15, 0.2) is 47.2 Å². The first kappa shape index (κ1) is 20.3. The van der Waals surface area contributed by atoms with E-state index in [1.54, 1.807) is 17.7 Å². The van der Waals surface area contributed by atoms with E-state index in [0.717, 1.165) is 31.5 Å². The second-order valence-electron chi connectivity index (χ2n) is 6.20. The Hall–Kier alpha value is -2.43. The maximum atomic E-state index is 8.88. The third-order valence-corrected chi connectivity index (χ3v) is 5.92. The summed E-state index contributed by atoms with van der Waals surface area (Å²) in [6, 6.07) is 14.5. The molecule has 28 heavy (non-hydrogen) atoms. The first-order valence-electron chi connectivity index (χ1n) is 9.07. The summed E-state index contributed by atoms with van der Waals surface area (Å²) in [7, 11) is 0. The zero-order valence-electron chi connectivity index (χ0n) is 15.8. The molecule has 0 aliphatic heterocycles. The Kier molecular flexibility index (Phi) is 7.01. The van der Waals surface area contributed by atoms with Crippen molar-refractivity contribution < 1.29 is 4.74 Å². The highest BCUT2D eigenvalue weighted by Crippen LogP contribution is 2.37. The van der Waals surface area contributed by atoms with Crippen LogP contribution in [0.5, 0.6) is 5.75 Å². The molecule has 7 heteroatoms. The van der Waals surface area contributed by atoms with Crippen LogP contribution in [0.4, 0.5) is 5.82 Å². The molecule has 0 spiro atoms. The van der Waals surface area contributed by atoms with Crippen molar-refractivity contribution in [1.29, 1.82) is 5.26 Å². The Labute approximate surface area is 177 Å². The van der Waals surface area contributed by atoms with Gasteiger partial charge in [-0.25, -0.2) is 9.97 Å². The number of anilines is 1. The van der Waals surface area contributed by atoms with Gasteiger partial charge in [0, 0.05) is 33.9 Å². The van der Waals surface area contributed by atoms with Crippen molar-refractivity contribution in [3.8, 4) is 22.4 Å².